The summed E-state index contributed by atoms with van der Waals surface area (Å²) in [5.74, 6) is 8.63. The Morgan fingerprint density at radius 1 is 1.00 bits per heavy atom. The second-order valence-electron chi connectivity index (χ2n) is 0.849. The van der Waals surface area contributed by atoms with Crippen molar-refractivity contribution in [3.05, 3.63) is 6.42 Å². The summed E-state index contributed by atoms with van der Waals surface area (Å²) in [6, 6.07) is 3.14. The molecule has 0 atom stereocenters. The molecule has 0 N–H and O–H groups in total. The van der Waals surface area contributed by atoms with Gasteiger partial charge in [0.2, 0.25) is 17.9 Å². The number of nitriles is 2. The van der Waals surface area contributed by atoms with E-state index in [-0.39, 0.29) is 0 Å². The van der Waals surface area contributed by atoms with Crippen molar-refractivity contribution < 1.29 is 0 Å². The van der Waals surface area contributed by atoms with Crippen molar-refractivity contribution in [1.82, 2.24) is 0 Å². The largest absolute Gasteiger partial charge is 0.349 e. The van der Waals surface area contributed by atoms with E-state index in [1.807, 2.05) is 12.3 Å². The van der Waals surface area contributed by atoms with Crippen LogP contribution in [0.15, 0.2) is 0 Å². The molecule has 9 heavy (non-hydrogen) atoms. The quantitative estimate of drug-likeness (QED) is 0.330. The molecular formula is C7N2+. The van der Waals surface area contributed by atoms with E-state index in [4.69, 9.17) is 10.5 Å². The first-order chi connectivity index (χ1) is 4.41. The number of hydrogen-bond acceptors (Lipinski definition) is 2. The van der Waals surface area contributed by atoms with Gasteiger partial charge in [-0.15, -0.1) is 0 Å². The van der Waals surface area contributed by atoms with Gasteiger partial charge in [0.05, 0.1) is 5.92 Å². The summed E-state index contributed by atoms with van der Waals surface area (Å²) in [6.45, 7) is 0. The van der Waals surface area contributed by atoms with Crippen molar-refractivity contribution in [2.24, 2.45) is 0 Å². The molecule has 0 spiro atoms. The van der Waals surface area contributed by atoms with E-state index in [1.54, 1.807) is 12.1 Å². The summed E-state index contributed by atoms with van der Waals surface area (Å²) in [5, 5.41) is 15.7. The van der Waals surface area contributed by atoms with Gasteiger partial charge in [-0.1, -0.05) is 0 Å². The summed E-state index contributed by atoms with van der Waals surface area (Å²) in [4.78, 5) is 0. The maximum Gasteiger partial charge on any atom is 0.349 e. The molecule has 0 heterocycles. The Hall–Kier alpha value is -2.03. The third-order valence-corrected chi connectivity index (χ3v) is 0.362. The zero-order chi connectivity index (χ0) is 6.95. The molecule has 0 fully saturated rings. The topological polar surface area (TPSA) is 47.6 Å². The van der Waals surface area contributed by atoms with Crippen LogP contribution >= 0.6 is 0 Å². The number of hydrogen-bond donors (Lipinski definition) is 0. The third kappa shape index (κ3) is 5.97. The van der Waals surface area contributed by atoms with Crippen LogP contribution in [0.4, 0.5) is 0 Å². The van der Waals surface area contributed by atoms with Crippen molar-refractivity contribution in [3.8, 4) is 35.8 Å². The van der Waals surface area contributed by atoms with Crippen LogP contribution in [0.5, 0.6) is 0 Å². The maximum absolute atomic E-state index is 7.85. The Balaban J connectivity index is 3.69. The second kappa shape index (κ2) is 5.97. The van der Waals surface area contributed by atoms with Crippen LogP contribution in [-0.4, -0.2) is 0 Å². The van der Waals surface area contributed by atoms with E-state index in [0.29, 0.717) is 0 Å². The molecule has 0 amide bonds. The van der Waals surface area contributed by atoms with Crippen molar-refractivity contribution in [2.45, 2.75) is 0 Å². The standard InChI is InChI=1S/C7N2/c8-6-4-2-1-3-5-7-9/q+1. The minimum atomic E-state index is 1.57. The van der Waals surface area contributed by atoms with Crippen molar-refractivity contribution >= 4 is 0 Å². The monoisotopic (exact) mass is 112 g/mol. The fourth-order valence-corrected chi connectivity index (χ4v) is 0.150. The third-order valence-electron chi connectivity index (χ3n) is 0.362. The predicted octanol–water partition coefficient (Wildman–Crippen LogP) is 0.122. The molecule has 0 aromatic heterocycles. The van der Waals surface area contributed by atoms with Crippen LogP contribution in [0, 0.1) is 52.8 Å². The zero-order valence-corrected chi connectivity index (χ0v) is 4.39. The molecule has 0 aliphatic carbocycles. The molecule has 1 radical (unpaired) electrons. The summed E-state index contributed by atoms with van der Waals surface area (Å²) >= 11 is 0. The molecule has 0 aromatic carbocycles. The van der Waals surface area contributed by atoms with Gasteiger partial charge in [0.25, 0.3) is 0 Å². The second-order valence-corrected chi connectivity index (χ2v) is 0.849. The lowest BCUT2D eigenvalue weighted by atomic mass is 10.4. The van der Waals surface area contributed by atoms with Gasteiger partial charge >= 0.3 is 6.42 Å². The average molecular weight is 112 g/mol. The Morgan fingerprint density at radius 2 is 1.78 bits per heavy atom. The summed E-state index contributed by atoms with van der Waals surface area (Å²) in [5.41, 5.74) is 0. The highest BCUT2D eigenvalue weighted by atomic mass is 14.2. The molecule has 0 unspecified atom stereocenters. The average Bonchev–Trinajstić information content (AvgIpc) is 1.89. The summed E-state index contributed by atoms with van der Waals surface area (Å²) in [6.07, 6.45) is 2.04. The normalized spacial score (nSPS) is 3.78. The van der Waals surface area contributed by atoms with Crippen LogP contribution in [-0.2, 0) is 0 Å². The Labute approximate surface area is 53.7 Å². The van der Waals surface area contributed by atoms with Crippen molar-refractivity contribution in [3.63, 3.8) is 0 Å². The zero-order valence-electron chi connectivity index (χ0n) is 4.39. The fraction of sp³-hybridized carbons (Fsp3) is 0. The molecule has 0 aliphatic rings. The molecule has 0 rings (SSSR count). The molecule has 0 aromatic rings. The molecule has 2 nitrogen and oxygen atoms in total. The van der Waals surface area contributed by atoms with Gasteiger partial charge in [-0.25, -0.2) is 0 Å². The van der Waals surface area contributed by atoms with Crippen LogP contribution in [0.1, 0.15) is 0 Å². The SMILES string of the molecule is N#CC#CC#C[C+]C#N. The predicted molar refractivity (Wildman–Crippen MR) is 30.0 cm³/mol. The van der Waals surface area contributed by atoms with E-state index < -0.39 is 0 Å². The first-order valence-electron chi connectivity index (χ1n) is 1.95. The van der Waals surface area contributed by atoms with Gasteiger partial charge in [0.1, 0.15) is 5.92 Å². The van der Waals surface area contributed by atoms with Crippen LogP contribution in [0.2, 0.25) is 0 Å². The fourth-order valence-electron chi connectivity index (χ4n) is 0.150. The molecular weight excluding hydrogens is 112 g/mol. The highest BCUT2D eigenvalue weighted by molar-refractivity contribution is 5.35. The van der Waals surface area contributed by atoms with Gasteiger partial charge in [-0.3, -0.25) is 0 Å². The van der Waals surface area contributed by atoms with E-state index in [0.717, 1.165) is 0 Å². The maximum atomic E-state index is 7.85. The number of rotatable bonds is 0. The van der Waals surface area contributed by atoms with Crippen LogP contribution in [0.25, 0.3) is 0 Å². The van der Waals surface area contributed by atoms with Crippen LogP contribution in [0.3, 0.4) is 0 Å². The summed E-state index contributed by atoms with van der Waals surface area (Å²) in [7, 11) is 0. The van der Waals surface area contributed by atoms with Gasteiger partial charge in [0, 0.05) is 0 Å². The number of nitrogens with zero attached hydrogens (tertiary/aromatic N) is 2. The van der Waals surface area contributed by atoms with E-state index in [2.05, 4.69) is 17.8 Å². The van der Waals surface area contributed by atoms with Gasteiger partial charge in [-0.05, 0) is 0 Å². The smallest absolute Gasteiger partial charge is 0.183 e. The molecule has 0 bridgehead atoms. The lowest BCUT2D eigenvalue weighted by Crippen LogP contribution is -1.57. The highest BCUT2D eigenvalue weighted by Gasteiger charge is 1.84. The van der Waals surface area contributed by atoms with Gasteiger partial charge < -0.3 is 0 Å². The first-order valence-corrected chi connectivity index (χ1v) is 1.95. The molecule has 37 valence electrons. The highest BCUT2D eigenvalue weighted by Crippen LogP contribution is 1.62. The summed E-state index contributed by atoms with van der Waals surface area (Å²) < 4.78 is 0. The van der Waals surface area contributed by atoms with Gasteiger partial charge in [0.15, 0.2) is 6.07 Å². The lowest BCUT2D eigenvalue weighted by molar-refractivity contribution is 1.52. The Morgan fingerprint density at radius 3 is 2.33 bits per heavy atom. The molecule has 2 heteroatoms. The van der Waals surface area contributed by atoms with E-state index >= 15 is 0 Å². The first kappa shape index (κ1) is 6.97. The van der Waals surface area contributed by atoms with Crippen LogP contribution < -0.4 is 0 Å². The molecule has 0 saturated carbocycles. The molecule has 0 saturated heterocycles. The molecule has 0 aliphatic heterocycles. The van der Waals surface area contributed by atoms with Crippen molar-refractivity contribution in [2.75, 3.05) is 0 Å². The van der Waals surface area contributed by atoms with E-state index in [1.165, 1.54) is 0 Å². The Kier molecular flexibility index (Phi) is 4.62. The van der Waals surface area contributed by atoms with E-state index in [9.17, 15) is 0 Å². The minimum Gasteiger partial charge on any atom is -0.183 e. The van der Waals surface area contributed by atoms with Gasteiger partial charge in [-0.2, -0.15) is 10.5 Å². The minimum absolute atomic E-state index is 1.57. The van der Waals surface area contributed by atoms with Crippen molar-refractivity contribution in [1.29, 1.82) is 10.5 Å². The lowest BCUT2D eigenvalue weighted by Gasteiger charge is -1.38. The Bertz CT molecular complexity index is 266.